The monoisotopic (exact) mass is 264 g/mol. The van der Waals surface area contributed by atoms with Gasteiger partial charge in [0.1, 0.15) is 0 Å². The van der Waals surface area contributed by atoms with E-state index in [9.17, 15) is 14.7 Å². The quantitative estimate of drug-likeness (QED) is 0.752. The number of benzene rings is 1. The molecular formula is C13H16N2O4. The molecule has 0 radical (unpaired) electrons. The van der Waals surface area contributed by atoms with E-state index in [-0.39, 0.29) is 11.6 Å². The van der Waals surface area contributed by atoms with Gasteiger partial charge in [-0.1, -0.05) is 0 Å². The number of carboxylic acid groups (broad SMARTS) is 1. The van der Waals surface area contributed by atoms with Gasteiger partial charge in [0.15, 0.2) is 0 Å². The molecule has 0 aliphatic carbocycles. The third-order valence-corrected chi connectivity index (χ3v) is 3.12. The van der Waals surface area contributed by atoms with Gasteiger partial charge in [-0.25, -0.2) is 9.59 Å². The van der Waals surface area contributed by atoms with Crippen molar-refractivity contribution in [3.05, 3.63) is 29.8 Å². The SMILES string of the molecule is CC1(O)CCN(C(=O)Nc2ccc(C(=O)O)cc2)C1. The van der Waals surface area contributed by atoms with Gasteiger partial charge in [-0.15, -0.1) is 0 Å². The summed E-state index contributed by atoms with van der Waals surface area (Å²) in [5, 5.41) is 21.2. The first-order valence-electron chi connectivity index (χ1n) is 5.99. The van der Waals surface area contributed by atoms with Crippen molar-refractivity contribution in [1.82, 2.24) is 4.90 Å². The number of hydrogen-bond donors (Lipinski definition) is 3. The Morgan fingerprint density at radius 3 is 2.42 bits per heavy atom. The molecule has 1 unspecified atom stereocenters. The Bertz CT molecular complexity index is 496. The van der Waals surface area contributed by atoms with Crippen LogP contribution >= 0.6 is 0 Å². The first-order valence-corrected chi connectivity index (χ1v) is 5.99. The van der Waals surface area contributed by atoms with Crippen molar-refractivity contribution >= 4 is 17.7 Å². The lowest BCUT2D eigenvalue weighted by Crippen LogP contribution is -2.36. The van der Waals surface area contributed by atoms with Crippen molar-refractivity contribution in [2.45, 2.75) is 18.9 Å². The van der Waals surface area contributed by atoms with Crippen LogP contribution in [0.2, 0.25) is 0 Å². The lowest BCUT2D eigenvalue weighted by Gasteiger charge is -2.19. The fourth-order valence-corrected chi connectivity index (χ4v) is 2.02. The van der Waals surface area contributed by atoms with Crippen LogP contribution in [-0.4, -0.2) is 45.8 Å². The van der Waals surface area contributed by atoms with Crippen LogP contribution < -0.4 is 5.32 Å². The first-order chi connectivity index (χ1) is 8.87. The van der Waals surface area contributed by atoms with E-state index in [0.717, 1.165) is 0 Å². The standard InChI is InChI=1S/C13H16N2O4/c1-13(19)6-7-15(8-13)12(18)14-10-4-2-9(3-5-10)11(16)17/h2-5,19H,6-8H2,1H3,(H,14,18)(H,16,17). The molecule has 1 atom stereocenters. The van der Waals surface area contributed by atoms with Gasteiger partial charge in [-0.2, -0.15) is 0 Å². The van der Waals surface area contributed by atoms with Gasteiger partial charge < -0.3 is 20.4 Å². The zero-order valence-corrected chi connectivity index (χ0v) is 10.6. The molecule has 1 aliphatic rings. The maximum absolute atomic E-state index is 11.9. The predicted octanol–water partition coefficient (Wildman–Crippen LogP) is 1.37. The highest BCUT2D eigenvalue weighted by Gasteiger charge is 2.33. The second-order valence-electron chi connectivity index (χ2n) is 4.98. The number of likely N-dealkylation sites (tertiary alicyclic amines) is 1. The number of hydrogen-bond acceptors (Lipinski definition) is 3. The van der Waals surface area contributed by atoms with Crippen LogP contribution in [0.25, 0.3) is 0 Å². The van der Waals surface area contributed by atoms with Crippen molar-refractivity contribution < 1.29 is 19.8 Å². The Morgan fingerprint density at radius 2 is 1.95 bits per heavy atom. The highest BCUT2D eigenvalue weighted by molar-refractivity contribution is 5.91. The number of rotatable bonds is 2. The van der Waals surface area contributed by atoms with E-state index in [1.54, 1.807) is 6.92 Å². The van der Waals surface area contributed by atoms with Crippen LogP contribution in [0.3, 0.4) is 0 Å². The number of nitrogens with zero attached hydrogens (tertiary/aromatic N) is 1. The van der Waals surface area contributed by atoms with Gasteiger partial charge in [-0.05, 0) is 37.6 Å². The van der Waals surface area contributed by atoms with E-state index in [4.69, 9.17) is 5.11 Å². The number of aliphatic hydroxyl groups is 1. The summed E-state index contributed by atoms with van der Waals surface area (Å²) in [5.74, 6) is -1.01. The minimum Gasteiger partial charge on any atom is -0.478 e. The van der Waals surface area contributed by atoms with Gasteiger partial charge in [0.05, 0.1) is 17.7 Å². The number of nitrogens with one attached hydrogen (secondary N) is 1. The molecule has 102 valence electrons. The van der Waals surface area contributed by atoms with E-state index in [1.165, 1.54) is 29.2 Å². The lowest BCUT2D eigenvalue weighted by atomic mass is 10.1. The Morgan fingerprint density at radius 1 is 1.32 bits per heavy atom. The first kappa shape index (κ1) is 13.4. The van der Waals surface area contributed by atoms with Crippen molar-refractivity contribution in [3.8, 4) is 0 Å². The summed E-state index contributed by atoms with van der Waals surface area (Å²) in [7, 11) is 0. The highest BCUT2D eigenvalue weighted by Crippen LogP contribution is 2.21. The number of anilines is 1. The minimum atomic E-state index is -1.01. The highest BCUT2D eigenvalue weighted by atomic mass is 16.4. The molecule has 1 aromatic carbocycles. The summed E-state index contributed by atoms with van der Waals surface area (Å²) in [5.41, 5.74) is -0.131. The molecule has 0 spiro atoms. The Balaban J connectivity index is 1.98. The molecule has 0 aromatic heterocycles. The van der Waals surface area contributed by atoms with E-state index in [0.29, 0.717) is 25.2 Å². The Labute approximate surface area is 110 Å². The maximum Gasteiger partial charge on any atom is 0.335 e. The molecule has 6 nitrogen and oxygen atoms in total. The summed E-state index contributed by atoms with van der Waals surface area (Å²) in [4.78, 5) is 24.1. The van der Waals surface area contributed by atoms with Gasteiger partial charge >= 0.3 is 12.0 Å². The van der Waals surface area contributed by atoms with Gasteiger partial charge in [0.25, 0.3) is 0 Å². The molecule has 1 saturated heterocycles. The second kappa shape index (κ2) is 4.89. The summed E-state index contributed by atoms with van der Waals surface area (Å²) in [6.45, 7) is 2.50. The van der Waals surface area contributed by atoms with Crippen LogP contribution in [0.1, 0.15) is 23.7 Å². The number of carboxylic acids is 1. The summed E-state index contributed by atoms with van der Waals surface area (Å²) >= 11 is 0. The molecule has 2 rings (SSSR count). The van der Waals surface area contributed by atoms with Crippen molar-refractivity contribution in [2.75, 3.05) is 18.4 Å². The van der Waals surface area contributed by atoms with E-state index in [2.05, 4.69) is 5.32 Å². The number of β-amino-alcohol motifs (C(OH)–C–C–N with tert-alkyl or cyclic N) is 1. The zero-order valence-electron chi connectivity index (χ0n) is 10.6. The van der Waals surface area contributed by atoms with Gasteiger partial charge in [0.2, 0.25) is 0 Å². The van der Waals surface area contributed by atoms with Gasteiger partial charge in [0, 0.05) is 12.2 Å². The molecule has 1 aromatic rings. The van der Waals surface area contributed by atoms with Crippen LogP contribution in [0.5, 0.6) is 0 Å². The third kappa shape index (κ3) is 3.23. The van der Waals surface area contributed by atoms with E-state index < -0.39 is 11.6 Å². The summed E-state index contributed by atoms with van der Waals surface area (Å²) in [6, 6.07) is 5.64. The second-order valence-corrected chi connectivity index (χ2v) is 4.98. The van der Waals surface area contributed by atoms with Crippen LogP contribution in [0.15, 0.2) is 24.3 Å². The van der Waals surface area contributed by atoms with Crippen LogP contribution in [0, 0.1) is 0 Å². The maximum atomic E-state index is 11.9. The molecule has 3 N–H and O–H groups in total. The normalized spacial score (nSPS) is 22.3. The smallest absolute Gasteiger partial charge is 0.335 e. The van der Waals surface area contributed by atoms with Crippen molar-refractivity contribution in [2.24, 2.45) is 0 Å². The summed E-state index contributed by atoms with van der Waals surface area (Å²) in [6.07, 6.45) is 0.554. The predicted molar refractivity (Wildman–Crippen MR) is 69.2 cm³/mol. The number of aromatic carboxylic acids is 1. The molecular weight excluding hydrogens is 248 g/mol. The molecule has 1 fully saturated rings. The molecule has 1 aliphatic heterocycles. The average Bonchev–Trinajstić information content (AvgIpc) is 2.70. The van der Waals surface area contributed by atoms with Crippen LogP contribution in [0.4, 0.5) is 10.5 Å². The average molecular weight is 264 g/mol. The fourth-order valence-electron chi connectivity index (χ4n) is 2.02. The van der Waals surface area contributed by atoms with Crippen molar-refractivity contribution in [1.29, 1.82) is 0 Å². The number of urea groups is 1. The van der Waals surface area contributed by atoms with E-state index in [1.807, 2.05) is 0 Å². The summed E-state index contributed by atoms with van der Waals surface area (Å²) < 4.78 is 0. The Hall–Kier alpha value is -2.08. The third-order valence-electron chi connectivity index (χ3n) is 3.12. The largest absolute Gasteiger partial charge is 0.478 e. The minimum absolute atomic E-state index is 0.169. The molecule has 1 heterocycles. The number of carbonyl (C=O) groups is 2. The van der Waals surface area contributed by atoms with Crippen molar-refractivity contribution in [3.63, 3.8) is 0 Å². The molecule has 0 bridgehead atoms. The molecule has 2 amide bonds. The number of amides is 2. The number of carbonyl (C=O) groups excluding carboxylic acids is 1. The van der Waals surface area contributed by atoms with E-state index >= 15 is 0 Å². The fraction of sp³-hybridized carbons (Fsp3) is 0.385. The van der Waals surface area contributed by atoms with Gasteiger partial charge in [-0.3, -0.25) is 0 Å². The topological polar surface area (TPSA) is 89.9 Å². The zero-order chi connectivity index (χ0) is 14.0. The lowest BCUT2D eigenvalue weighted by molar-refractivity contribution is 0.0695. The van der Waals surface area contributed by atoms with Crippen LogP contribution in [-0.2, 0) is 0 Å². The molecule has 0 saturated carbocycles. The Kier molecular flexibility index (Phi) is 3.44. The molecule has 6 heteroatoms. The molecule has 19 heavy (non-hydrogen) atoms.